The van der Waals surface area contributed by atoms with Crippen LogP contribution in [0.5, 0.6) is 11.8 Å². The van der Waals surface area contributed by atoms with Gasteiger partial charge in [-0.3, -0.25) is 4.79 Å². The first kappa shape index (κ1) is 30.5. The standard InChI is InChI=1S/C25H38N4O3.C7H4ClNO/c1-23(2)15-24(3,4)21(23)28-20(31)16-13-26-22(27-14-16)32-19-11-25(12-19)9-17(10-25)29-7-5-18(30)6-8-29;8-7-3-6(10)2-1-5(7)4-9/h13-14,17-19,21,30H,5-12,15H2,1-4H3,(H,28,31);1-3,10H. The lowest BCUT2D eigenvalue weighted by molar-refractivity contribution is -0.121. The maximum absolute atomic E-state index is 12.7. The highest BCUT2D eigenvalue weighted by molar-refractivity contribution is 6.31. The zero-order valence-electron chi connectivity index (χ0n) is 24.9. The Balaban J connectivity index is 0.000000300. The molecule has 1 aromatic heterocycles. The summed E-state index contributed by atoms with van der Waals surface area (Å²) in [6.07, 6.45) is 10.8. The van der Waals surface area contributed by atoms with Gasteiger partial charge in [-0.25, -0.2) is 9.97 Å². The molecule has 0 atom stereocenters. The number of rotatable bonds is 5. The van der Waals surface area contributed by atoms with Crippen LogP contribution in [-0.2, 0) is 0 Å². The number of piperidine rings is 1. The molecule has 4 aliphatic rings. The number of phenolic OH excluding ortho intramolecular Hbond substituents is 1. The van der Waals surface area contributed by atoms with E-state index in [0.717, 1.165) is 45.2 Å². The largest absolute Gasteiger partial charge is 0.508 e. The fourth-order valence-corrected chi connectivity index (χ4v) is 8.14. The number of aromatic hydroxyl groups is 1. The molecular formula is C32H42ClN5O4. The SMILES string of the molecule is CC1(C)CC(C)(C)C1NC(=O)c1cnc(OC2CC3(C2)CC(N2CCC(O)CC2)C3)nc1.N#Cc1ccc(O)cc1Cl. The molecule has 3 saturated carbocycles. The van der Waals surface area contributed by atoms with Crippen LogP contribution >= 0.6 is 11.6 Å². The van der Waals surface area contributed by atoms with Gasteiger partial charge in [0.15, 0.2) is 0 Å². The number of phenols is 1. The lowest BCUT2D eigenvalue weighted by atomic mass is 9.52. The zero-order chi connectivity index (χ0) is 30.3. The molecule has 0 bridgehead atoms. The van der Waals surface area contributed by atoms with Gasteiger partial charge in [0.2, 0.25) is 0 Å². The molecule has 42 heavy (non-hydrogen) atoms. The molecule has 6 rings (SSSR count). The third-order valence-corrected chi connectivity index (χ3v) is 9.97. The van der Waals surface area contributed by atoms with E-state index in [1.165, 1.54) is 31.0 Å². The van der Waals surface area contributed by atoms with E-state index in [9.17, 15) is 9.90 Å². The van der Waals surface area contributed by atoms with Gasteiger partial charge in [0, 0.05) is 37.6 Å². The summed E-state index contributed by atoms with van der Waals surface area (Å²) in [5, 5.41) is 30.4. The molecule has 2 aromatic rings. The van der Waals surface area contributed by atoms with Crippen molar-refractivity contribution in [2.24, 2.45) is 16.2 Å². The van der Waals surface area contributed by atoms with E-state index in [-0.39, 0.29) is 45.8 Å². The van der Waals surface area contributed by atoms with Crippen LogP contribution in [0.4, 0.5) is 0 Å². The Bertz CT molecular complexity index is 1310. The molecule has 3 N–H and O–H groups in total. The molecule has 2 heterocycles. The Morgan fingerprint density at radius 1 is 1.10 bits per heavy atom. The molecule has 9 nitrogen and oxygen atoms in total. The molecule has 1 amide bonds. The van der Waals surface area contributed by atoms with E-state index in [2.05, 4.69) is 47.9 Å². The van der Waals surface area contributed by atoms with Gasteiger partial charge in [-0.05, 0) is 79.4 Å². The predicted octanol–water partition coefficient (Wildman–Crippen LogP) is 5.10. The Morgan fingerprint density at radius 3 is 2.26 bits per heavy atom. The van der Waals surface area contributed by atoms with Crippen molar-refractivity contribution >= 4 is 17.5 Å². The Labute approximate surface area is 253 Å². The average Bonchev–Trinajstić information content (AvgIpc) is 2.88. The summed E-state index contributed by atoms with van der Waals surface area (Å²) in [6, 6.07) is 7.30. The molecule has 3 aliphatic carbocycles. The van der Waals surface area contributed by atoms with Gasteiger partial charge >= 0.3 is 6.01 Å². The summed E-state index contributed by atoms with van der Waals surface area (Å²) < 4.78 is 5.99. The van der Waals surface area contributed by atoms with Crippen molar-refractivity contribution in [3.05, 3.63) is 46.7 Å². The van der Waals surface area contributed by atoms with E-state index >= 15 is 0 Å². The van der Waals surface area contributed by atoms with E-state index in [1.54, 1.807) is 12.4 Å². The quantitative estimate of drug-likeness (QED) is 0.435. The third kappa shape index (κ3) is 6.51. The highest BCUT2D eigenvalue weighted by atomic mass is 35.5. The van der Waals surface area contributed by atoms with Gasteiger partial charge < -0.3 is 25.2 Å². The summed E-state index contributed by atoms with van der Waals surface area (Å²) in [7, 11) is 0. The van der Waals surface area contributed by atoms with Crippen molar-refractivity contribution in [1.82, 2.24) is 20.2 Å². The monoisotopic (exact) mass is 595 g/mol. The third-order valence-electron chi connectivity index (χ3n) is 9.66. The number of ether oxygens (including phenoxy) is 1. The molecule has 10 heteroatoms. The van der Waals surface area contributed by atoms with Crippen LogP contribution in [-0.4, -0.2) is 68.4 Å². The molecule has 4 fully saturated rings. The van der Waals surface area contributed by atoms with Crippen molar-refractivity contribution in [2.75, 3.05) is 13.1 Å². The summed E-state index contributed by atoms with van der Waals surface area (Å²) >= 11 is 5.55. The van der Waals surface area contributed by atoms with Crippen LogP contribution in [0.1, 0.15) is 88.6 Å². The molecule has 0 unspecified atom stereocenters. The number of amides is 1. The van der Waals surface area contributed by atoms with Crippen LogP contribution < -0.4 is 10.1 Å². The maximum Gasteiger partial charge on any atom is 0.316 e. The van der Waals surface area contributed by atoms with Gasteiger partial charge in [-0.1, -0.05) is 39.3 Å². The average molecular weight is 596 g/mol. The van der Waals surface area contributed by atoms with Crippen molar-refractivity contribution in [3.63, 3.8) is 0 Å². The van der Waals surface area contributed by atoms with Gasteiger partial charge in [0.05, 0.1) is 22.3 Å². The Morgan fingerprint density at radius 2 is 1.71 bits per heavy atom. The minimum absolute atomic E-state index is 0.0731. The number of hydrogen-bond acceptors (Lipinski definition) is 8. The number of halogens is 1. The fourth-order valence-electron chi connectivity index (χ4n) is 7.92. The normalized spacial score (nSPS) is 28.2. The minimum Gasteiger partial charge on any atom is -0.508 e. The van der Waals surface area contributed by atoms with Gasteiger partial charge in [0.1, 0.15) is 17.9 Å². The highest BCUT2D eigenvalue weighted by Gasteiger charge is 2.56. The molecular weight excluding hydrogens is 554 g/mol. The number of aliphatic hydroxyl groups excluding tert-OH is 1. The topological polar surface area (TPSA) is 132 Å². The maximum atomic E-state index is 12.7. The van der Waals surface area contributed by atoms with E-state index < -0.39 is 0 Å². The number of nitriles is 1. The van der Waals surface area contributed by atoms with Gasteiger partial charge in [-0.15, -0.1) is 0 Å². The summed E-state index contributed by atoms with van der Waals surface area (Å²) in [5.41, 5.74) is 1.51. The van der Waals surface area contributed by atoms with Crippen LogP contribution in [0.3, 0.4) is 0 Å². The van der Waals surface area contributed by atoms with Crippen LogP contribution in [0.2, 0.25) is 5.02 Å². The van der Waals surface area contributed by atoms with Crippen LogP contribution in [0.25, 0.3) is 0 Å². The number of benzene rings is 1. The summed E-state index contributed by atoms with van der Waals surface area (Å²) in [5.74, 6) is -0.0419. The van der Waals surface area contributed by atoms with Crippen molar-refractivity contribution in [1.29, 1.82) is 5.26 Å². The highest BCUT2D eigenvalue weighted by Crippen LogP contribution is 2.58. The Kier molecular flexibility index (Phi) is 8.45. The second-order valence-electron chi connectivity index (χ2n) is 14.1. The lowest BCUT2D eigenvalue weighted by Gasteiger charge is -2.59. The van der Waals surface area contributed by atoms with Crippen molar-refractivity contribution in [2.45, 2.75) is 96.9 Å². The molecule has 0 radical (unpaired) electrons. The second-order valence-corrected chi connectivity index (χ2v) is 14.5. The first-order valence-electron chi connectivity index (χ1n) is 14.9. The van der Waals surface area contributed by atoms with Crippen molar-refractivity contribution < 1.29 is 19.7 Å². The number of carbonyl (C=O) groups excluding carboxylic acids is 1. The number of nitrogens with one attached hydrogen (secondary N) is 1. The first-order chi connectivity index (χ1) is 19.8. The first-order valence-corrected chi connectivity index (χ1v) is 15.3. The van der Waals surface area contributed by atoms with E-state index in [4.69, 9.17) is 26.7 Å². The smallest absolute Gasteiger partial charge is 0.316 e. The molecule has 1 aromatic carbocycles. The molecule has 226 valence electrons. The zero-order valence-corrected chi connectivity index (χ0v) is 25.7. The molecule has 1 spiro atoms. The number of likely N-dealkylation sites (tertiary alicyclic amines) is 1. The van der Waals surface area contributed by atoms with E-state index in [0.29, 0.717) is 28.6 Å². The number of hydrogen-bond donors (Lipinski definition) is 3. The summed E-state index contributed by atoms with van der Waals surface area (Å²) in [6.45, 7) is 10.9. The van der Waals surface area contributed by atoms with Gasteiger partial charge in [0.25, 0.3) is 5.91 Å². The fraction of sp³-hybridized carbons (Fsp3) is 0.625. The van der Waals surface area contributed by atoms with Crippen LogP contribution in [0.15, 0.2) is 30.6 Å². The summed E-state index contributed by atoms with van der Waals surface area (Å²) in [4.78, 5) is 23.9. The molecule has 1 aliphatic heterocycles. The van der Waals surface area contributed by atoms with E-state index in [1.807, 2.05) is 6.07 Å². The van der Waals surface area contributed by atoms with Crippen molar-refractivity contribution in [3.8, 4) is 17.8 Å². The number of aliphatic hydroxyl groups is 1. The Hall–Kier alpha value is -2.93. The number of nitrogens with zero attached hydrogens (tertiary/aromatic N) is 4. The molecule has 1 saturated heterocycles. The number of aromatic nitrogens is 2. The van der Waals surface area contributed by atoms with Gasteiger partial charge in [-0.2, -0.15) is 5.26 Å². The van der Waals surface area contributed by atoms with Crippen LogP contribution in [0, 0.1) is 27.6 Å². The predicted molar refractivity (Wildman–Crippen MR) is 159 cm³/mol. The second kappa shape index (κ2) is 11.6. The minimum atomic E-state index is -0.115. The lowest BCUT2D eigenvalue weighted by Crippen LogP contribution is -2.63. The number of carbonyl (C=O) groups is 1.